The Balaban J connectivity index is 3.37. The second-order valence-electron chi connectivity index (χ2n) is 2.06. The number of hydrogen-bond donors (Lipinski definition) is 1. The summed E-state index contributed by atoms with van der Waals surface area (Å²) in [6.07, 6.45) is 0. The highest BCUT2D eigenvalue weighted by molar-refractivity contribution is 6.68. The summed E-state index contributed by atoms with van der Waals surface area (Å²) in [6, 6.07) is 1.71. The molecule has 1 rings (SSSR count). The molecule has 5 heteroatoms. The molecule has 0 aromatic heterocycles. The Labute approximate surface area is 77.5 Å². The lowest BCUT2D eigenvalue weighted by atomic mass is 10.2. The molecule has 0 aliphatic rings. The van der Waals surface area contributed by atoms with E-state index in [4.69, 9.17) is 28.3 Å². The second kappa shape index (κ2) is 3.29. The first-order valence-electron chi connectivity index (χ1n) is 2.90. The molecule has 0 heterocycles. The van der Waals surface area contributed by atoms with Crippen LogP contribution in [0.4, 0.5) is 4.39 Å². The average molecular weight is 209 g/mol. The van der Waals surface area contributed by atoms with E-state index in [-0.39, 0.29) is 10.6 Å². The highest BCUT2D eigenvalue weighted by Crippen LogP contribution is 2.29. The van der Waals surface area contributed by atoms with Gasteiger partial charge in [0.25, 0.3) is 5.24 Å². The molecular weight excluding hydrogens is 206 g/mol. The van der Waals surface area contributed by atoms with Gasteiger partial charge in [0.05, 0.1) is 10.6 Å². The van der Waals surface area contributed by atoms with Crippen LogP contribution in [0.25, 0.3) is 0 Å². The number of benzene rings is 1. The van der Waals surface area contributed by atoms with Gasteiger partial charge in [-0.25, -0.2) is 4.39 Å². The summed E-state index contributed by atoms with van der Waals surface area (Å²) in [7, 11) is 0. The molecule has 0 amide bonds. The number of phenols is 1. The lowest BCUT2D eigenvalue weighted by molar-refractivity contribution is 0.107. The largest absolute Gasteiger partial charge is 0.506 e. The number of carbonyl (C=O) groups excluding carboxylic acids is 1. The lowest BCUT2D eigenvalue weighted by Crippen LogP contribution is -1.91. The lowest BCUT2D eigenvalue weighted by Gasteiger charge is -2.00. The number of aromatic hydroxyl groups is 1. The van der Waals surface area contributed by atoms with Crippen molar-refractivity contribution in [2.45, 2.75) is 0 Å². The smallest absolute Gasteiger partial charge is 0.256 e. The van der Waals surface area contributed by atoms with Gasteiger partial charge < -0.3 is 5.11 Å². The Bertz CT molecular complexity index is 338. The van der Waals surface area contributed by atoms with E-state index in [1.807, 2.05) is 0 Å². The van der Waals surface area contributed by atoms with E-state index in [1.54, 1.807) is 0 Å². The third-order valence-corrected chi connectivity index (χ3v) is 1.73. The normalized spacial score (nSPS) is 9.92. The van der Waals surface area contributed by atoms with Crippen molar-refractivity contribution in [3.8, 4) is 5.75 Å². The quantitative estimate of drug-likeness (QED) is 0.721. The van der Waals surface area contributed by atoms with Crippen molar-refractivity contribution in [3.05, 3.63) is 28.5 Å². The highest BCUT2D eigenvalue weighted by Gasteiger charge is 2.13. The zero-order valence-electron chi connectivity index (χ0n) is 5.64. The van der Waals surface area contributed by atoms with E-state index in [0.29, 0.717) is 0 Å². The van der Waals surface area contributed by atoms with Gasteiger partial charge in [-0.1, -0.05) is 11.6 Å². The fourth-order valence-electron chi connectivity index (χ4n) is 0.716. The molecule has 0 saturated carbocycles. The number of carbonyl (C=O) groups is 1. The van der Waals surface area contributed by atoms with E-state index in [2.05, 4.69) is 0 Å². The standard InChI is InChI=1S/C7H3Cl2FO2/c8-5-2-3(10)1-4(6(5)11)7(9)12/h1-2,11H. The third-order valence-electron chi connectivity index (χ3n) is 1.24. The number of phenolic OH excluding ortho intramolecular Hbond substituents is 1. The molecule has 12 heavy (non-hydrogen) atoms. The fourth-order valence-corrected chi connectivity index (χ4v) is 1.07. The molecule has 0 unspecified atom stereocenters. The first kappa shape index (κ1) is 9.29. The molecule has 64 valence electrons. The molecule has 1 N–H and O–H groups in total. The van der Waals surface area contributed by atoms with Crippen LogP contribution in [0.5, 0.6) is 5.75 Å². The van der Waals surface area contributed by atoms with Crippen LogP contribution in [0.2, 0.25) is 5.02 Å². The zero-order chi connectivity index (χ0) is 9.30. The molecular formula is C7H3Cl2FO2. The monoisotopic (exact) mass is 208 g/mol. The number of halogens is 3. The van der Waals surface area contributed by atoms with Crippen LogP contribution in [0.1, 0.15) is 10.4 Å². The van der Waals surface area contributed by atoms with Crippen LogP contribution in [0.3, 0.4) is 0 Å². The molecule has 0 spiro atoms. The van der Waals surface area contributed by atoms with Gasteiger partial charge in [-0.3, -0.25) is 4.79 Å². The summed E-state index contributed by atoms with van der Waals surface area (Å²) in [6.45, 7) is 0. The maximum Gasteiger partial charge on any atom is 0.256 e. The second-order valence-corrected chi connectivity index (χ2v) is 2.81. The summed E-state index contributed by atoms with van der Waals surface area (Å²) in [5.74, 6) is -1.22. The van der Waals surface area contributed by atoms with E-state index in [1.165, 1.54) is 0 Å². The molecule has 0 saturated heterocycles. The maximum absolute atomic E-state index is 12.6. The van der Waals surface area contributed by atoms with Crippen LogP contribution in [-0.2, 0) is 0 Å². The van der Waals surface area contributed by atoms with Crippen LogP contribution >= 0.6 is 23.2 Å². The van der Waals surface area contributed by atoms with Gasteiger partial charge in [-0.05, 0) is 23.7 Å². The first-order chi connectivity index (χ1) is 5.52. The highest BCUT2D eigenvalue weighted by atomic mass is 35.5. The van der Waals surface area contributed by atoms with E-state index in [9.17, 15) is 9.18 Å². The van der Waals surface area contributed by atoms with Gasteiger partial charge in [0, 0.05) is 0 Å². The summed E-state index contributed by atoms with van der Waals surface area (Å²) < 4.78 is 12.6. The zero-order valence-corrected chi connectivity index (χ0v) is 7.16. The maximum atomic E-state index is 12.6. The Morgan fingerprint density at radius 3 is 2.58 bits per heavy atom. The summed E-state index contributed by atoms with van der Waals surface area (Å²) >= 11 is 10.4. The van der Waals surface area contributed by atoms with Gasteiger partial charge >= 0.3 is 0 Å². The van der Waals surface area contributed by atoms with E-state index in [0.717, 1.165) is 12.1 Å². The van der Waals surface area contributed by atoms with Crippen LogP contribution in [0, 0.1) is 5.82 Å². The third kappa shape index (κ3) is 1.68. The molecule has 0 aliphatic carbocycles. The van der Waals surface area contributed by atoms with Gasteiger partial charge in [-0.15, -0.1) is 0 Å². The Morgan fingerprint density at radius 2 is 2.08 bits per heavy atom. The molecule has 0 bridgehead atoms. The molecule has 0 atom stereocenters. The van der Waals surface area contributed by atoms with Crippen LogP contribution in [-0.4, -0.2) is 10.3 Å². The minimum absolute atomic E-state index is 0.237. The number of hydrogen-bond acceptors (Lipinski definition) is 2. The molecule has 0 aliphatic heterocycles. The Kier molecular flexibility index (Phi) is 2.55. The summed E-state index contributed by atoms with van der Waals surface area (Å²) in [5, 5.41) is 7.90. The van der Waals surface area contributed by atoms with Crippen molar-refractivity contribution in [3.63, 3.8) is 0 Å². The van der Waals surface area contributed by atoms with Crippen molar-refractivity contribution in [2.75, 3.05) is 0 Å². The summed E-state index contributed by atoms with van der Waals surface area (Å²) in [5.41, 5.74) is -0.332. The summed E-state index contributed by atoms with van der Waals surface area (Å²) in [4.78, 5) is 10.6. The van der Waals surface area contributed by atoms with Crippen molar-refractivity contribution < 1.29 is 14.3 Å². The van der Waals surface area contributed by atoms with Crippen molar-refractivity contribution in [1.29, 1.82) is 0 Å². The first-order valence-corrected chi connectivity index (χ1v) is 3.66. The molecule has 0 radical (unpaired) electrons. The molecule has 0 fully saturated rings. The van der Waals surface area contributed by atoms with Gasteiger partial charge in [-0.2, -0.15) is 0 Å². The SMILES string of the molecule is O=C(Cl)c1cc(F)cc(Cl)c1O. The topological polar surface area (TPSA) is 37.3 Å². The van der Waals surface area contributed by atoms with Crippen molar-refractivity contribution in [2.24, 2.45) is 0 Å². The molecule has 2 nitrogen and oxygen atoms in total. The molecule has 1 aromatic carbocycles. The van der Waals surface area contributed by atoms with Crippen LogP contribution < -0.4 is 0 Å². The van der Waals surface area contributed by atoms with Crippen molar-refractivity contribution >= 4 is 28.4 Å². The molecule has 1 aromatic rings. The fraction of sp³-hybridized carbons (Fsp3) is 0. The minimum Gasteiger partial charge on any atom is -0.506 e. The predicted octanol–water partition coefficient (Wildman–Crippen LogP) is 2.56. The minimum atomic E-state index is -0.950. The number of rotatable bonds is 1. The van der Waals surface area contributed by atoms with Gasteiger partial charge in [0.15, 0.2) is 0 Å². The predicted molar refractivity (Wildman–Crippen MR) is 43.3 cm³/mol. The van der Waals surface area contributed by atoms with E-state index < -0.39 is 16.8 Å². The van der Waals surface area contributed by atoms with E-state index >= 15 is 0 Å². The van der Waals surface area contributed by atoms with Crippen LogP contribution in [0.15, 0.2) is 12.1 Å². The van der Waals surface area contributed by atoms with Gasteiger partial charge in [0.2, 0.25) is 0 Å². The Morgan fingerprint density at radius 1 is 1.50 bits per heavy atom. The average Bonchev–Trinajstić information content (AvgIpc) is 1.96. The van der Waals surface area contributed by atoms with Gasteiger partial charge in [0.1, 0.15) is 11.6 Å². The van der Waals surface area contributed by atoms with Crippen molar-refractivity contribution in [1.82, 2.24) is 0 Å². The Hall–Kier alpha value is -0.800.